The van der Waals surface area contributed by atoms with Crippen molar-refractivity contribution in [1.29, 1.82) is 0 Å². The maximum Gasteiger partial charge on any atom is 0.303 e. The summed E-state index contributed by atoms with van der Waals surface area (Å²) in [6.45, 7) is 0. The number of benzene rings is 1. The average molecular weight is 349 g/mol. The molecule has 0 saturated heterocycles. The van der Waals surface area contributed by atoms with E-state index in [0.717, 1.165) is 10.4 Å². The highest BCUT2D eigenvalue weighted by Crippen LogP contribution is 2.32. The van der Waals surface area contributed by atoms with Crippen molar-refractivity contribution in [2.24, 2.45) is 0 Å². The van der Waals surface area contributed by atoms with E-state index < -0.39 is 5.97 Å². The predicted octanol–water partition coefficient (Wildman–Crippen LogP) is 3.78. The largest absolute Gasteiger partial charge is 0.481 e. The van der Waals surface area contributed by atoms with E-state index >= 15 is 0 Å². The second-order valence-electron chi connectivity index (χ2n) is 5.40. The van der Waals surface area contributed by atoms with Gasteiger partial charge in [0.05, 0.1) is 11.3 Å². The number of carbonyl (C=O) groups excluding carboxylic acids is 2. The number of aliphatic carboxylic acids is 1. The van der Waals surface area contributed by atoms with Crippen molar-refractivity contribution < 1.29 is 19.5 Å². The third-order valence-corrected chi connectivity index (χ3v) is 5.30. The molecule has 0 aliphatic heterocycles. The van der Waals surface area contributed by atoms with E-state index in [2.05, 4.69) is 0 Å². The summed E-state index contributed by atoms with van der Waals surface area (Å²) in [6, 6.07) is 6.83. The zero-order chi connectivity index (χ0) is 16.6. The Morgan fingerprint density at radius 2 is 1.91 bits per heavy atom. The maximum absolute atomic E-state index is 12.7. The highest BCUT2D eigenvalue weighted by molar-refractivity contribution is 7.14. The van der Waals surface area contributed by atoms with Crippen molar-refractivity contribution >= 4 is 40.5 Å². The molecule has 0 spiro atoms. The molecule has 1 N–H and O–H groups in total. The summed E-state index contributed by atoms with van der Waals surface area (Å²) in [4.78, 5) is 36.7. The monoisotopic (exact) mass is 348 g/mol. The Bertz CT molecular complexity index is 822. The lowest BCUT2D eigenvalue weighted by Gasteiger charge is -2.04. The molecule has 0 atom stereocenters. The second kappa shape index (κ2) is 6.26. The van der Waals surface area contributed by atoms with Gasteiger partial charge in [0.15, 0.2) is 11.6 Å². The van der Waals surface area contributed by atoms with Gasteiger partial charge in [0.2, 0.25) is 0 Å². The van der Waals surface area contributed by atoms with Crippen LogP contribution in [0.1, 0.15) is 48.9 Å². The van der Waals surface area contributed by atoms with Gasteiger partial charge in [-0.2, -0.15) is 0 Å². The van der Waals surface area contributed by atoms with E-state index in [1.54, 1.807) is 18.2 Å². The third kappa shape index (κ3) is 3.21. The molecule has 0 radical (unpaired) electrons. The first-order chi connectivity index (χ1) is 11.0. The quantitative estimate of drug-likeness (QED) is 0.853. The highest BCUT2D eigenvalue weighted by atomic mass is 35.5. The van der Waals surface area contributed by atoms with Crippen LogP contribution >= 0.6 is 22.9 Å². The molecule has 0 fully saturated rings. The zero-order valence-electron chi connectivity index (χ0n) is 12.1. The van der Waals surface area contributed by atoms with Crippen LogP contribution in [-0.4, -0.2) is 22.6 Å². The van der Waals surface area contributed by atoms with Crippen LogP contribution in [0.25, 0.3) is 0 Å². The molecule has 0 saturated carbocycles. The van der Waals surface area contributed by atoms with Crippen LogP contribution in [0.4, 0.5) is 0 Å². The van der Waals surface area contributed by atoms with Gasteiger partial charge < -0.3 is 5.11 Å². The number of ketones is 2. The van der Waals surface area contributed by atoms with Gasteiger partial charge in [-0.25, -0.2) is 0 Å². The van der Waals surface area contributed by atoms with Crippen molar-refractivity contribution in [3.8, 4) is 0 Å². The van der Waals surface area contributed by atoms with Crippen molar-refractivity contribution in [3.05, 3.63) is 55.7 Å². The van der Waals surface area contributed by atoms with Crippen LogP contribution in [0.2, 0.25) is 5.02 Å². The molecule has 6 heteroatoms. The van der Waals surface area contributed by atoms with Crippen LogP contribution in [-0.2, 0) is 17.6 Å². The lowest BCUT2D eigenvalue weighted by molar-refractivity contribution is -0.136. The first-order valence-electron chi connectivity index (χ1n) is 7.16. The van der Waals surface area contributed by atoms with Crippen LogP contribution in [0, 0.1) is 0 Å². The molecule has 0 bridgehead atoms. The molecule has 1 heterocycles. The summed E-state index contributed by atoms with van der Waals surface area (Å²) in [7, 11) is 0. The number of aryl methyl sites for hydroxylation is 2. The number of rotatable bonds is 4. The van der Waals surface area contributed by atoms with Crippen molar-refractivity contribution in [1.82, 2.24) is 0 Å². The number of hydrogen-bond donors (Lipinski definition) is 1. The number of Topliss-reactive ketones (excluding diaryl/α,β-unsaturated/α-hetero) is 1. The molecule has 3 rings (SSSR count). The summed E-state index contributed by atoms with van der Waals surface area (Å²) < 4.78 is 0. The number of thiophene rings is 1. The van der Waals surface area contributed by atoms with Crippen molar-refractivity contribution in [2.45, 2.75) is 25.7 Å². The molecule has 4 nitrogen and oxygen atoms in total. The smallest absolute Gasteiger partial charge is 0.303 e. The first kappa shape index (κ1) is 15.9. The van der Waals surface area contributed by atoms with Gasteiger partial charge in [0.25, 0.3) is 0 Å². The zero-order valence-corrected chi connectivity index (χ0v) is 13.7. The van der Waals surface area contributed by atoms with E-state index in [1.807, 2.05) is 6.07 Å². The molecule has 1 aromatic heterocycles. The maximum atomic E-state index is 12.7. The Balaban J connectivity index is 1.92. The molecule has 1 aliphatic rings. The lowest BCUT2D eigenvalue weighted by atomic mass is 10.0. The minimum atomic E-state index is -1.00. The lowest BCUT2D eigenvalue weighted by Crippen LogP contribution is -2.04. The average Bonchev–Trinajstić information content (AvgIpc) is 2.89. The first-order valence-corrected chi connectivity index (χ1v) is 8.36. The fourth-order valence-corrected chi connectivity index (χ4v) is 3.99. The molecule has 118 valence electrons. The molecule has 0 amide bonds. The van der Waals surface area contributed by atoms with E-state index in [4.69, 9.17) is 16.7 Å². The van der Waals surface area contributed by atoms with E-state index in [9.17, 15) is 14.4 Å². The fourth-order valence-electron chi connectivity index (χ4n) is 2.67. The van der Waals surface area contributed by atoms with E-state index in [0.29, 0.717) is 33.9 Å². The molecule has 1 aliphatic carbocycles. The van der Waals surface area contributed by atoms with Crippen molar-refractivity contribution in [3.63, 3.8) is 0 Å². The van der Waals surface area contributed by atoms with Crippen LogP contribution in [0.5, 0.6) is 0 Å². The SMILES string of the molecule is O=C(O)CCC(=O)c1cc2c(s1)CCc1cc(Cl)ccc1C2=O. The summed E-state index contributed by atoms with van der Waals surface area (Å²) in [5, 5.41) is 9.27. The number of hydrogen-bond acceptors (Lipinski definition) is 4. The van der Waals surface area contributed by atoms with Crippen molar-refractivity contribution in [2.75, 3.05) is 0 Å². The molecular formula is C17H13ClO4S. The van der Waals surface area contributed by atoms with E-state index in [-0.39, 0.29) is 24.4 Å². The minimum absolute atomic E-state index is 0.0465. The Hall–Kier alpha value is -1.98. The number of fused-ring (bicyclic) bond motifs is 2. The standard InChI is InChI=1S/C17H13ClO4S/c18-10-2-3-11-9(7-10)1-5-14-12(17(11)22)8-15(23-14)13(19)4-6-16(20)21/h2-3,7-8H,1,4-6H2,(H,20,21). The predicted molar refractivity (Wildman–Crippen MR) is 87.8 cm³/mol. The fraction of sp³-hybridized carbons (Fsp3) is 0.235. The van der Waals surface area contributed by atoms with Crippen LogP contribution in [0.15, 0.2) is 24.3 Å². The summed E-state index contributed by atoms with van der Waals surface area (Å²) >= 11 is 7.28. The highest BCUT2D eigenvalue weighted by Gasteiger charge is 2.25. The van der Waals surface area contributed by atoms with Gasteiger partial charge in [-0.3, -0.25) is 14.4 Å². The molecule has 23 heavy (non-hydrogen) atoms. The van der Waals surface area contributed by atoms with Gasteiger partial charge in [-0.15, -0.1) is 11.3 Å². The number of carboxylic acids is 1. The molecule has 2 aromatic rings. The van der Waals surface area contributed by atoms with Crippen LogP contribution in [0.3, 0.4) is 0 Å². The van der Waals surface area contributed by atoms with Gasteiger partial charge in [-0.05, 0) is 42.7 Å². The van der Waals surface area contributed by atoms with Gasteiger partial charge in [-0.1, -0.05) is 11.6 Å². The van der Waals surface area contributed by atoms with E-state index in [1.165, 1.54) is 11.3 Å². The Morgan fingerprint density at radius 1 is 1.13 bits per heavy atom. The normalized spacial score (nSPS) is 13.2. The Labute approximate surface area is 141 Å². The van der Waals surface area contributed by atoms with Crippen LogP contribution < -0.4 is 0 Å². The molecule has 1 aromatic carbocycles. The summed E-state index contributed by atoms with van der Waals surface area (Å²) in [6.07, 6.45) is 1.12. The summed E-state index contributed by atoms with van der Waals surface area (Å²) in [5.41, 5.74) is 2.09. The van der Waals surface area contributed by atoms with Gasteiger partial charge >= 0.3 is 5.97 Å². The van der Waals surface area contributed by atoms with Gasteiger partial charge in [0, 0.05) is 27.4 Å². The number of carboxylic acid groups (broad SMARTS) is 1. The summed E-state index contributed by atoms with van der Waals surface area (Å²) in [5.74, 6) is -1.33. The Kier molecular flexibility index (Phi) is 4.33. The Morgan fingerprint density at radius 3 is 2.65 bits per heavy atom. The molecular weight excluding hydrogens is 336 g/mol. The third-order valence-electron chi connectivity index (χ3n) is 3.83. The molecule has 0 unspecified atom stereocenters. The topological polar surface area (TPSA) is 71.4 Å². The minimum Gasteiger partial charge on any atom is -0.481 e. The second-order valence-corrected chi connectivity index (χ2v) is 6.97. The number of halogens is 1. The number of carbonyl (C=O) groups is 3. The van der Waals surface area contributed by atoms with Gasteiger partial charge in [0.1, 0.15) is 0 Å².